The van der Waals surface area contributed by atoms with Crippen molar-refractivity contribution in [3.63, 3.8) is 0 Å². The van der Waals surface area contributed by atoms with Gasteiger partial charge >= 0.3 is 0 Å². The van der Waals surface area contributed by atoms with E-state index in [1.807, 2.05) is 13.0 Å². The number of amides is 1. The zero-order valence-electron chi connectivity index (χ0n) is 9.53. The van der Waals surface area contributed by atoms with Gasteiger partial charge in [0.05, 0.1) is 12.2 Å². The average Bonchev–Trinajstić information content (AvgIpc) is 2.98. The van der Waals surface area contributed by atoms with Gasteiger partial charge in [-0.25, -0.2) is 0 Å². The minimum atomic E-state index is -0.176. The Balaban J connectivity index is 1.93. The van der Waals surface area contributed by atoms with Crippen molar-refractivity contribution in [2.45, 2.75) is 32.2 Å². The Labute approximate surface area is 95.2 Å². The van der Waals surface area contributed by atoms with E-state index in [2.05, 4.69) is 5.32 Å². The molecule has 1 saturated carbocycles. The predicted molar refractivity (Wildman–Crippen MR) is 60.9 cm³/mol. The van der Waals surface area contributed by atoms with Gasteiger partial charge in [0.15, 0.2) is 0 Å². The minimum absolute atomic E-state index is 0.0563. The van der Waals surface area contributed by atoms with E-state index in [1.165, 1.54) is 0 Å². The average molecular weight is 222 g/mol. The quantitative estimate of drug-likeness (QED) is 0.780. The number of hydrogen-bond acceptors (Lipinski definition) is 3. The number of carbonyl (C=O) groups is 1. The van der Waals surface area contributed by atoms with Crippen LogP contribution >= 0.6 is 0 Å². The SMILES string of the molecule is Cc1ccoc1CC(CN)C(=O)NC1CC1. The summed E-state index contributed by atoms with van der Waals surface area (Å²) in [5, 5.41) is 2.98. The van der Waals surface area contributed by atoms with Crippen molar-refractivity contribution in [3.05, 3.63) is 23.7 Å². The topological polar surface area (TPSA) is 68.3 Å². The summed E-state index contributed by atoms with van der Waals surface area (Å²) in [7, 11) is 0. The molecule has 1 aromatic heterocycles. The van der Waals surface area contributed by atoms with Crippen LogP contribution in [0.1, 0.15) is 24.2 Å². The molecule has 88 valence electrons. The molecule has 1 aliphatic carbocycles. The van der Waals surface area contributed by atoms with Crippen molar-refractivity contribution in [1.82, 2.24) is 5.32 Å². The summed E-state index contributed by atoms with van der Waals surface area (Å²) in [4.78, 5) is 11.8. The first-order chi connectivity index (χ1) is 7.70. The van der Waals surface area contributed by atoms with Gasteiger partial charge in [-0.3, -0.25) is 4.79 Å². The number of carbonyl (C=O) groups excluding carboxylic acids is 1. The molecule has 1 fully saturated rings. The summed E-state index contributed by atoms with van der Waals surface area (Å²) in [5.41, 5.74) is 6.72. The molecule has 0 radical (unpaired) electrons. The van der Waals surface area contributed by atoms with Crippen LogP contribution in [0.3, 0.4) is 0 Å². The van der Waals surface area contributed by atoms with Crippen molar-refractivity contribution < 1.29 is 9.21 Å². The molecule has 1 unspecified atom stereocenters. The minimum Gasteiger partial charge on any atom is -0.469 e. The van der Waals surface area contributed by atoms with E-state index < -0.39 is 0 Å². The van der Waals surface area contributed by atoms with E-state index in [0.29, 0.717) is 19.0 Å². The number of nitrogens with one attached hydrogen (secondary N) is 1. The van der Waals surface area contributed by atoms with Crippen molar-refractivity contribution in [2.24, 2.45) is 11.7 Å². The van der Waals surface area contributed by atoms with Crippen LogP contribution < -0.4 is 11.1 Å². The second-order valence-corrected chi connectivity index (χ2v) is 4.45. The highest BCUT2D eigenvalue weighted by Gasteiger charge is 2.27. The monoisotopic (exact) mass is 222 g/mol. The second kappa shape index (κ2) is 4.70. The van der Waals surface area contributed by atoms with Gasteiger partial charge in [0, 0.05) is 19.0 Å². The Bertz CT molecular complexity index is 369. The third-order valence-electron chi connectivity index (χ3n) is 2.98. The number of nitrogens with two attached hydrogens (primary N) is 1. The summed E-state index contributed by atoms with van der Waals surface area (Å²) >= 11 is 0. The van der Waals surface area contributed by atoms with E-state index in [9.17, 15) is 4.79 Å². The fourth-order valence-corrected chi connectivity index (χ4v) is 1.67. The van der Waals surface area contributed by atoms with Crippen molar-refractivity contribution in [1.29, 1.82) is 0 Å². The third kappa shape index (κ3) is 2.64. The number of rotatable bonds is 5. The summed E-state index contributed by atoms with van der Waals surface area (Å²) in [6, 6.07) is 2.29. The van der Waals surface area contributed by atoms with Crippen LogP contribution in [-0.2, 0) is 11.2 Å². The molecule has 0 spiro atoms. The molecule has 1 aromatic rings. The molecule has 2 rings (SSSR count). The Morgan fingerprint density at radius 1 is 1.69 bits per heavy atom. The number of furan rings is 1. The van der Waals surface area contributed by atoms with E-state index in [0.717, 1.165) is 24.2 Å². The molecule has 4 nitrogen and oxygen atoms in total. The highest BCUT2D eigenvalue weighted by Crippen LogP contribution is 2.20. The maximum Gasteiger partial charge on any atom is 0.225 e. The van der Waals surface area contributed by atoms with Gasteiger partial charge in [0.1, 0.15) is 5.76 Å². The third-order valence-corrected chi connectivity index (χ3v) is 2.98. The molecular formula is C12H18N2O2. The van der Waals surface area contributed by atoms with E-state index in [1.54, 1.807) is 6.26 Å². The number of aryl methyl sites for hydroxylation is 1. The molecule has 3 N–H and O–H groups in total. The van der Waals surface area contributed by atoms with Gasteiger partial charge in [-0.2, -0.15) is 0 Å². The summed E-state index contributed by atoms with van der Waals surface area (Å²) in [5.74, 6) is 0.743. The van der Waals surface area contributed by atoms with Gasteiger partial charge in [-0.05, 0) is 31.4 Å². The lowest BCUT2D eigenvalue weighted by atomic mass is 10.0. The Morgan fingerprint density at radius 3 is 2.94 bits per heavy atom. The molecule has 16 heavy (non-hydrogen) atoms. The van der Waals surface area contributed by atoms with Gasteiger partial charge in [0.25, 0.3) is 0 Å². The van der Waals surface area contributed by atoms with E-state index in [-0.39, 0.29) is 11.8 Å². The maximum absolute atomic E-state index is 11.8. The van der Waals surface area contributed by atoms with Crippen LogP contribution in [0.2, 0.25) is 0 Å². The smallest absolute Gasteiger partial charge is 0.225 e. The molecule has 1 heterocycles. The first-order valence-corrected chi connectivity index (χ1v) is 5.74. The summed E-state index contributed by atoms with van der Waals surface area (Å²) < 4.78 is 5.33. The van der Waals surface area contributed by atoms with E-state index in [4.69, 9.17) is 10.2 Å². The molecule has 0 bridgehead atoms. The van der Waals surface area contributed by atoms with Crippen LogP contribution in [0, 0.1) is 12.8 Å². The lowest BCUT2D eigenvalue weighted by Crippen LogP contribution is -2.37. The predicted octanol–water partition coefficient (Wildman–Crippen LogP) is 0.984. The first kappa shape index (κ1) is 11.2. The van der Waals surface area contributed by atoms with Crippen LogP contribution in [0.5, 0.6) is 0 Å². The van der Waals surface area contributed by atoms with Crippen LogP contribution in [0.25, 0.3) is 0 Å². The van der Waals surface area contributed by atoms with Gasteiger partial charge in [-0.15, -0.1) is 0 Å². The van der Waals surface area contributed by atoms with Gasteiger partial charge in [0.2, 0.25) is 5.91 Å². The molecular weight excluding hydrogens is 204 g/mol. The summed E-state index contributed by atoms with van der Waals surface area (Å²) in [6.45, 7) is 2.34. The van der Waals surface area contributed by atoms with Crippen molar-refractivity contribution in [2.75, 3.05) is 6.54 Å². The van der Waals surface area contributed by atoms with Gasteiger partial charge < -0.3 is 15.5 Å². The maximum atomic E-state index is 11.8. The molecule has 4 heteroatoms. The van der Waals surface area contributed by atoms with Crippen molar-refractivity contribution in [3.8, 4) is 0 Å². The lowest BCUT2D eigenvalue weighted by Gasteiger charge is -2.13. The van der Waals surface area contributed by atoms with E-state index >= 15 is 0 Å². The largest absolute Gasteiger partial charge is 0.469 e. The number of hydrogen-bond donors (Lipinski definition) is 2. The zero-order valence-corrected chi connectivity index (χ0v) is 9.53. The van der Waals surface area contributed by atoms with Crippen LogP contribution in [0.15, 0.2) is 16.7 Å². The highest BCUT2D eigenvalue weighted by molar-refractivity contribution is 5.79. The Morgan fingerprint density at radius 2 is 2.44 bits per heavy atom. The molecule has 1 amide bonds. The highest BCUT2D eigenvalue weighted by atomic mass is 16.3. The fraction of sp³-hybridized carbons (Fsp3) is 0.583. The van der Waals surface area contributed by atoms with Gasteiger partial charge in [-0.1, -0.05) is 0 Å². The van der Waals surface area contributed by atoms with Crippen LogP contribution in [-0.4, -0.2) is 18.5 Å². The zero-order chi connectivity index (χ0) is 11.5. The normalized spacial score (nSPS) is 17.1. The van der Waals surface area contributed by atoms with Crippen molar-refractivity contribution >= 4 is 5.91 Å². The molecule has 1 atom stereocenters. The molecule has 0 aromatic carbocycles. The molecule has 1 aliphatic rings. The lowest BCUT2D eigenvalue weighted by molar-refractivity contribution is -0.124. The Kier molecular flexibility index (Phi) is 3.29. The fourth-order valence-electron chi connectivity index (χ4n) is 1.67. The molecule has 0 aliphatic heterocycles. The second-order valence-electron chi connectivity index (χ2n) is 4.45. The summed E-state index contributed by atoms with van der Waals surface area (Å²) in [6.07, 6.45) is 4.44. The van der Waals surface area contributed by atoms with Crippen LogP contribution in [0.4, 0.5) is 0 Å². The first-order valence-electron chi connectivity index (χ1n) is 5.74. The molecule has 0 saturated heterocycles. The Hall–Kier alpha value is -1.29. The standard InChI is InChI=1S/C12H18N2O2/c1-8-4-5-16-11(8)6-9(7-13)12(15)14-10-2-3-10/h4-5,9-10H,2-3,6-7,13H2,1H3,(H,14,15).